The van der Waals surface area contributed by atoms with E-state index in [2.05, 4.69) is 32.9 Å². The number of nitrogens with zero attached hydrogens (tertiary/aromatic N) is 1. The van der Waals surface area contributed by atoms with E-state index in [1.165, 1.54) is 5.56 Å². The summed E-state index contributed by atoms with van der Waals surface area (Å²) in [5.74, 6) is 0.680. The Morgan fingerprint density at radius 2 is 2.12 bits per heavy atom. The quantitative estimate of drug-likeness (QED) is 0.745. The molecule has 2 rings (SSSR count). The Morgan fingerprint density at radius 1 is 1.44 bits per heavy atom. The van der Waals surface area contributed by atoms with Crippen molar-refractivity contribution in [3.63, 3.8) is 0 Å². The molecule has 0 spiro atoms. The molecule has 0 saturated carbocycles. The summed E-state index contributed by atoms with van der Waals surface area (Å²) in [6.45, 7) is 6.30. The standard InChI is InChI=1S/C14H19NO/c1-10(2)8-14(16)15-11(3)9-12-6-4-5-7-13(12)15/h4-7,10-11H,8-9H2,1-3H3/t11-/m0/s1. The molecule has 0 radical (unpaired) electrons. The van der Waals surface area contributed by atoms with Crippen molar-refractivity contribution in [2.45, 2.75) is 39.7 Å². The van der Waals surface area contributed by atoms with Gasteiger partial charge in [0.15, 0.2) is 0 Å². The second kappa shape index (κ2) is 4.28. The van der Waals surface area contributed by atoms with Crippen LogP contribution in [-0.2, 0) is 11.2 Å². The van der Waals surface area contributed by atoms with Gasteiger partial charge in [0.05, 0.1) is 0 Å². The minimum atomic E-state index is 0.257. The van der Waals surface area contributed by atoms with E-state index in [0.29, 0.717) is 18.4 Å². The van der Waals surface area contributed by atoms with Crippen LogP contribution in [0.25, 0.3) is 0 Å². The van der Waals surface area contributed by atoms with Crippen LogP contribution in [0.1, 0.15) is 32.8 Å². The minimum Gasteiger partial charge on any atom is -0.309 e. The molecule has 1 aliphatic rings. The molecule has 2 nitrogen and oxygen atoms in total. The molecule has 1 aliphatic heterocycles. The van der Waals surface area contributed by atoms with Gasteiger partial charge in [-0.3, -0.25) is 4.79 Å². The smallest absolute Gasteiger partial charge is 0.227 e. The van der Waals surface area contributed by atoms with Crippen molar-refractivity contribution in [3.8, 4) is 0 Å². The Bertz CT molecular complexity index is 397. The first kappa shape index (κ1) is 11.2. The van der Waals surface area contributed by atoms with Crippen LogP contribution in [0.15, 0.2) is 24.3 Å². The number of hydrogen-bond acceptors (Lipinski definition) is 1. The first-order chi connectivity index (χ1) is 7.59. The van der Waals surface area contributed by atoms with E-state index in [1.807, 2.05) is 17.0 Å². The number of para-hydroxylation sites is 1. The maximum Gasteiger partial charge on any atom is 0.227 e. The lowest BCUT2D eigenvalue weighted by atomic mass is 10.1. The van der Waals surface area contributed by atoms with Gasteiger partial charge >= 0.3 is 0 Å². The molecule has 0 fully saturated rings. The Kier molecular flexibility index (Phi) is 2.99. The van der Waals surface area contributed by atoms with Crippen LogP contribution < -0.4 is 4.90 Å². The number of carbonyl (C=O) groups excluding carboxylic acids is 1. The molecule has 1 aromatic rings. The molecule has 16 heavy (non-hydrogen) atoms. The predicted octanol–water partition coefficient (Wildman–Crippen LogP) is 3.01. The molecule has 1 aromatic carbocycles. The second-order valence-electron chi connectivity index (χ2n) is 5.04. The fourth-order valence-electron chi connectivity index (χ4n) is 2.39. The SMILES string of the molecule is CC(C)CC(=O)N1c2ccccc2C[C@@H]1C. The van der Waals surface area contributed by atoms with E-state index in [4.69, 9.17) is 0 Å². The minimum absolute atomic E-state index is 0.257. The summed E-state index contributed by atoms with van der Waals surface area (Å²) in [6.07, 6.45) is 1.62. The van der Waals surface area contributed by atoms with Gasteiger partial charge < -0.3 is 4.90 Å². The summed E-state index contributed by atoms with van der Waals surface area (Å²) in [5.41, 5.74) is 2.41. The molecular weight excluding hydrogens is 198 g/mol. The highest BCUT2D eigenvalue weighted by molar-refractivity contribution is 5.96. The first-order valence-electron chi connectivity index (χ1n) is 5.99. The average Bonchev–Trinajstić information content (AvgIpc) is 2.52. The normalized spacial score (nSPS) is 19.0. The van der Waals surface area contributed by atoms with E-state index >= 15 is 0 Å². The number of amides is 1. The number of benzene rings is 1. The van der Waals surface area contributed by atoms with Gasteiger partial charge in [0.1, 0.15) is 0 Å². The van der Waals surface area contributed by atoms with Gasteiger partial charge in [-0.15, -0.1) is 0 Å². The molecule has 0 unspecified atom stereocenters. The topological polar surface area (TPSA) is 20.3 Å². The van der Waals surface area contributed by atoms with Crippen LogP contribution in [0.3, 0.4) is 0 Å². The highest BCUT2D eigenvalue weighted by Crippen LogP contribution is 2.32. The summed E-state index contributed by atoms with van der Waals surface area (Å²) in [6, 6.07) is 8.53. The summed E-state index contributed by atoms with van der Waals surface area (Å²) >= 11 is 0. The first-order valence-corrected chi connectivity index (χ1v) is 5.99. The molecule has 86 valence electrons. The highest BCUT2D eigenvalue weighted by Gasteiger charge is 2.30. The van der Waals surface area contributed by atoms with Crippen LogP contribution >= 0.6 is 0 Å². The third kappa shape index (κ3) is 1.97. The largest absolute Gasteiger partial charge is 0.309 e. The van der Waals surface area contributed by atoms with Crippen LogP contribution in [0, 0.1) is 5.92 Å². The van der Waals surface area contributed by atoms with Crippen molar-refractivity contribution < 1.29 is 4.79 Å². The molecular formula is C14H19NO. The Labute approximate surface area is 97.3 Å². The summed E-state index contributed by atoms with van der Waals surface area (Å²) in [5, 5.41) is 0. The predicted molar refractivity (Wildman–Crippen MR) is 66.5 cm³/mol. The lowest BCUT2D eigenvalue weighted by molar-refractivity contribution is -0.119. The maximum atomic E-state index is 12.2. The van der Waals surface area contributed by atoms with Crippen molar-refractivity contribution in [2.75, 3.05) is 4.90 Å². The molecule has 0 aliphatic carbocycles. The van der Waals surface area contributed by atoms with Crippen molar-refractivity contribution in [3.05, 3.63) is 29.8 Å². The lowest BCUT2D eigenvalue weighted by Gasteiger charge is -2.23. The number of carbonyl (C=O) groups is 1. The van der Waals surface area contributed by atoms with Crippen molar-refractivity contribution in [1.29, 1.82) is 0 Å². The van der Waals surface area contributed by atoms with Crippen LogP contribution in [0.4, 0.5) is 5.69 Å². The van der Waals surface area contributed by atoms with Crippen LogP contribution in [0.2, 0.25) is 0 Å². The highest BCUT2D eigenvalue weighted by atomic mass is 16.2. The van der Waals surface area contributed by atoms with Crippen molar-refractivity contribution in [1.82, 2.24) is 0 Å². The third-order valence-electron chi connectivity index (χ3n) is 3.06. The zero-order chi connectivity index (χ0) is 11.7. The molecule has 0 saturated heterocycles. The molecule has 0 N–H and O–H groups in total. The summed E-state index contributed by atoms with van der Waals surface area (Å²) < 4.78 is 0. The van der Waals surface area contributed by atoms with E-state index in [1.54, 1.807) is 0 Å². The monoisotopic (exact) mass is 217 g/mol. The Hall–Kier alpha value is -1.31. The van der Waals surface area contributed by atoms with Gasteiger partial charge in [-0.05, 0) is 30.9 Å². The van der Waals surface area contributed by atoms with Gasteiger partial charge in [0.25, 0.3) is 0 Å². The zero-order valence-electron chi connectivity index (χ0n) is 10.2. The molecule has 0 bridgehead atoms. The number of hydrogen-bond donors (Lipinski definition) is 0. The fourth-order valence-corrected chi connectivity index (χ4v) is 2.39. The van der Waals surface area contributed by atoms with Crippen molar-refractivity contribution >= 4 is 11.6 Å². The molecule has 1 atom stereocenters. The maximum absolute atomic E-state index is 12.2. The van der Waals surface area contributed by atoms with E-state index < -0.39 is 0 Å². The molecule has 0 aromatic heterocycles. The molecule has 1 amide bonds. The van der Waals surface area contributed by atoms with Gasteiger partial charge in [0, 0.05) is 18.2 Å². The van der Waals surface area contributed by atoms with E-state index in [9.17, 15) is 4.79 Å². The number of anilines is 1. The van der Waals surface area contributed by atoms with Gasteiger partial charge in [-0.25, -0.2) is 0 Å². The second-order valence-corrected chi connectivity index (χ2v) is 5.04. The lowest BCUT2D eigenvalue weighted by Crippen LogP contribution is -2.36. The average molecular weight is 217 g/mol. The fraction of sp³-hybridized carbons (Fsp3) is 0.500. The zero-order valence-corrected chi connectivity index (χ0v) is 10.2. The number of fused-ring (bicyclic) bond motifs is 1. The van der Waals surface area contributed by atoms with Crippen molar-refractivity contribution in [2.24, 2.45) is 5.92 Å². The van der Waals surface area contributed by atoms with Crippen LogP contribution in [0.5, 0.6) is 0 Å². The van der Waals surface area contributed by atoms with Gasteiger partial charge in [-0.2, -0.15) is 0 Å². The summed E-state index contributed by atoms with van der Waals surface area (Å²) in [4.78, 5) is 14.1. The van der Waals surface area contributed by atoms with E-state index in [0.717, 1.165) is 12.1 Å². The van der Waals surface area contributed by atoms with E-state index in [-0.39, 0.29) is 5.91 Å². The molecule has 2 heteroatoms. The third-order valence-corrected chi connectivity index (χ3v) is 3.06. The Morgan fingerprint density at radius 3 is 2.81 bits per heavy atom. The van der Waals surface area contributed by atoms with Gasteiger partial charge in [0.2, 0.25) is 5.91 Å². The van der Waals surface area contributed by atoms with Crippen LogP contribution in [-0.4, -0.2) is 11.9 Å². The summed E-state index contributed by atoms with van der Waals surface area (Å²) in [7, 11) is 0. The number of rotatable bonds is 2. The molecule has 1 heterocycles. The van der Waals surface area contributed by atoms with Gasteiger partial charge in [-0.1, -0.05) is 32.0 Å². The Balaban J connectivity index is 2.25.